The van der Waals surface area contributed by atoms with Crippen molar-refractivity contribution in [2.75, 3.05) is 19.6 Å². The number of nitrogens with one attached hydrogen (secondary N) is 1. The molecular weight excluding hydrogens is 208 g/mol. The van der Waals surface area contributed by atoms with E-state index in [0.29, 0.717) is 5.54 Å². The van der Waals surface area contributed by atoms with Gasteiger partial charge in [0.25, 0.3) is 0 Å². The van der Waals surface area contributed by atoms with E-state index < -0.39 is 0 Å². The maximum atomic E-state index is 3.83. The highest BCUT2D eigenvalue weighted by molar-refractivity contribution is 4.96. The molecule has 0 amide bonds. The van der Waals surface area contributed by atoms with Crippen LogP contribution < -0.4 is 5.32 Å². The Balaban J connectivity index is 2.61. The first kappa shape index (κ1) is 15.0. The molecule has 1 aliphatic heterocycles. The molecule has 1 heterocycles. The zero-order chi connectivity index (χ0) is 12.7. The van der Waals surface area contributed by atoms with Crippen molar-refractivity contribution in [3.8, 4) is 0 Å². The molecule has 0 aliphatic carbocycles. The molecule has 0 radical (unpaired) electrons. The van der Waals surface area contributed by atoms with Gasteiger partial charge in [0.05, 0.1) is 0 Å². The lowest BCUT2D eigenvalue weighted by atomic mass is 9.87. The fourth-order valence-corrected chi connectivity index (χ4v) is 3.00. The SMILES string of the molecule is CCCCN1CC(CC)(CC)NCC1CCC. The van der Waals surface area contributed by atoms with Crippen LogP contribution in [-0.4, -0.2) is 36.1 Å². The molecule has 0 spiro atoms. The van der Waals surface area contributed by atoms with Gasteiger partial charge < -0.3 is 5.32 Å². The van der Waals surface area contributed by atoms with Crippen LogP contribution in [0.1, 0.15) is 66.2 Å². The Morgan fingerprint density at radius 2 is 1.82 bits per heavy atom. The molecule has 0 aromatic heterocycles. The van der Waals surface area contributed by atoms with Gasteiger partial charge >= 0.3 is 0 Å². The van der Waals surface area contributed by atoms with Gasteiger partial charge in [-0.15, -0.1) is 0 Å². The second-order valence-electron chi connectivity index (χ2n) is 5.63. The van der Waals surface area contributed by atoms with Crippen LogP contribution in [0.2, 0.25) is 0 Å². The molecule has 2 heteroatoms. The standard InChI is InChI=1S/C15H32N2/c1-5-9-11-17-13-15(7-3,8-4)16-12-14(17)10-6-2/h14,16H,5-13H2,1-4H3. The van der Waals surface area contributed by atoms with E-state index in [4.69, 9.17) is 0 Å². The Hall–Kier alpha value is -0.0800. The maximum Gasteiger partial charge on any atom is 0.0304 e. The van der Waals surface area contributed by atoms with Crippen LogP contribution in [0.4, 0.5) is 0 Å². The molecule has 1 fully saturated rings. The molecule has 0 bridgehead atoms. The monoisotopic (exact) mass is 240 g/mol. The van der Waals surface area contributed by atoms with Gasteiger partial charge in [-0.3, -0.25) is 4.90 Å². The van der Waals surface area contributed by atoms with E-state index in [1.54, 1.807) is 0 Å². The summed E-state index contributed by atoms with van der Waals surface area (Å²) in [6.45, 7) is 13.0. The Morgan fingerprint density at radius 1 is 1.12 bits per heavy atom. The zero-order valence-electron chi connectivity index (χ0n) is 12.4. The minimum absolute atomic E-state index is 0.387. The largest absolute Gasteiger partial charge is 0.308 e. The van der Waals surface area contributed by atoms with Crippen molar-refractivity contribution in [3.05, 3.63) is 0 Å². The van der Waals surface area contributed by atoms with Crippen molar-refractivity contribution in [1.29, 1.82) is 0 Å². The summed E-state index contributed by atoms with van der Waals surface area (Å²) in [6.07, 6.45) is 7.83. The van der Waals surface area contributed by atoms with E-state index in [1.165, 1.54) is 58.2 Å². The van der Waals surface area contributed by atoms with Crippen molar-refractivity contribution in [1.82, 2.24) is 10.2 Å². The summed E-state index contributed by atoms with van der Waals surface area (Å²) in [6, 6.07) is 0.776. The van der Waals surface area contributed by atoms with Crippen LogP contribution >= 0.6 is 0 Å². The van der Waals surface area contributed by atoms with Crippen LogP contribution in [0, 0.1) is 0 Å². The lowest BCUT2D eigenvalue weighted by Gasteiger charge is -2.47. The van der Waals surface area contributed by atoms with Crippen molar-refractivity contribution in [2.45, 2.75) is 77.8 Å². The van der Waals surface area contributed by atoms with E-state index in [9.17, 15) is 0 Å². The van der Waals surface area contributed by atoms with Crippen molar-refractivity contribution < 1.29 is 0 Å². The minimum Gasteiger partial charge on any atom is -0.308 e. The Bertz CT molecular complexity index is 199. The molecular formula is C15H32N2. The van der Waals surface area contributed by atoms with Gasteiger partial charge in [-0.05, 0) is 32.2 Å². The lowest BCUT2D eigenvalue weighted by Crippen LogP contribution is -2.63. The molecule has 1 N–H and O–H groups in total. The average molecular weight is 240 g/mol. The number of unbranched alkanes of at least 4 members (excludes halogenated alkanes) is 1. The first-order valence-corrected chi connectivity index (χ1v) is 7.70. The van der Waals surface area contributed by atoms with Crippen molar-refractivity contribution >= 4 is 0 Å². The quantitative estimate of drug-likeness (QED) is 0.733. The molecule has 17 heavy (non-hydrogen) atoms. The summed E-state index contributed by atoms with van der Waals surface area (Å²) in [5, 5.41) is 3.83. The summed E-state index contributed by atoms with van der Waals surface area (Å²) in [4.78, 5) is 2.76. The van der Waals surface area contributed by atoms with Gasteiger partial charge in [0.1, 0.15) is 0 Å². The van der Waals surface area contributed by atoms with Crippen LogP contribution in [0.15, 0.2) is 0 Å². The second kappa shape index (κ2) is 7.38. The molecule has 1 aliphatic rings. The van der Waals surface area contributed by atoms with E-state index in [-0.39, 0.29) is 0 Å². The van der Waals surface area contributed by atoms with Gasteiger partial charge in [-0.1, -0.05) is 40.5 Å². The number of rotatable bonds is 7. The summed E-state index contributed by atoms with van der Waals surface area (Å²) >= 11 is 0. The third kappa shape index (κ3) is 3.96. The summed E-state index contributed by atoms with van der Waals surface area (Å²) in [7, 11) is 0. The molecule has 1 atom stereocenters. The van der Waals surface area contributed by atoms with Gasteiger partial charge in [0.15, 0.2) is 0 Å². The predicted molar refractivity (Wildman–Crippen MR) is 76.5 cm³/mol. The van der Waals surface area contributed by atoms with Gasteiger partial charge in [0, 0.05) is 24.7 Å². The fraction of sp³-hybridized carbons (Fsp3) is 1.00. The van der Waals surface area contributed by atoms with Crippen LogP contribution in [0.3, 0.4) is 0 Å². The smallest absolute Gasteiger partial charge is 0.0304 e. The molecule has 102 valence electrons. The summed E-state index contributed by atoms with van der Waals surface area (Å²) in [5.74, 6) is 0. The first-order chi connectivity index (χ1) is 8.21. The second-order valence-corrected chi connectivity index (χ2v) is 5.63. The average Bonchev–Trinajstić information content (AvgIpc) is 2.38. The van der Waals surface area contributed by atoms with E-state index in [0.717, 1.165) is 6.04 Å². The highest BCUT2D eigenvalue weighted by Crippen LogP contribution is 2.24. The molecule has 0 saturated carbocycles. The molecule has 1 saturated heterocycles. The summed E-state index contributed by atoms with van der Waals surface area (Å²) in [5.41, 5.74) is 0.387. The molecule has 2 nitrogen and oxygen atoms in total. The van der Waals surface area contributed by atoms with Crippen molar-refractivity contribution in [3.63, 3.8) is 0 Å². The van der Waals surface area contributed by atoms with Crippen molar-refractivity contribution in [2.24, 2.45) is 0 Å². The highest BCUT2D eigenvalue weighted by Gasteiger charge is 2.35. The van der Waals surface area contributed by atoms with Gasteiger partial charge in [0.2, 0.25) is 0 Å². The molecule has 0 aromatic carbocycles. The minimum atomic E-state index is 0.387. The third-order valence-corrected chi connectivity index (χ3v) is 4.51. The first-order valence-electron chi connectivity index (χ1n) is 7.70. The van der Waals surface area contributed by atoms with Gasteiger partial charge in [-0.25, -0.2) is 0 Å². The van der Waals surface area contributed by atoms with Gasteiger partial charge in [-0.2, -0.15) is 0 Å². The Labute approximate surface area is 108 Å². The highest BCUT2D eigenvalue weighted by atomic mass is 15.2. The van der Waals surface area contributed by atoms with Crippen LogP contribution in [0.25, 0.3) is 0 Å². The van der Waals surface area contributed by atoms with E-state index in [1.807, 2.05) is 0 Å². The third-order valence-electron chi connectivity index (χ3n) is 4.51. The Morgan fingerprint density at radius 3 is 2.35 bits per heavy atom. The van der Waals surface area contributed by atoms with E-state index in [2.05, 4.69) is 37.9 Å². The molecule has 1 unspecified atom stereocenters. The summed E-state index contributed by atoms with van der Waals surface area (Å²) < 4.78 is 0. The number of hydrogen-bond donors (Lipinski definition) is 1. The normalized spacial score (nSPS) is 25.1. The maximum absolute atomic E-state index is 3.83. The predicted octanol–water partition coefficient (Wildman–Crippen LogP) is 3.42. The van der Waals surface area contributed by atoms with Crippen LogP contribution in [-0.2, 0) is 0 Å². The number of nitrogens with zero attached hydrogens (tertiary/aromatic N) is 1. The fourth-order valence-electron chi connectivity index (χ4n) is 3.00. The lowest BCUT2D eigenvalue weighted by molar-refractivity contribution is 0.0668. The molecule has 1 rings (SSSR count). The Kier molecular flexibility index (Phi) is 6.50. The topological polar surface area (TPSA) is 15.3 Å². The van der Waals surface area contributed by atoms with E-state index >= 15 is 0 Å². The van der Waals surface area contributed by atoms with Crippen LogP contribution in [0.5, 0.6) is 0 Å². The molecule has 0 aromatic rings. The number of hydrogen-bond acceptors (Lipinski definition) is 2. The number of piperazine rings is 1. The zero-order valence-corrected chi connectivity index (χ0v) is 12.4.